The summed E-state index contributed by atoms with van der Waals surface area (Å²) in [6.45, 7) is 2.53. The summed E-state index contributed by atoms with van der Waals surface area (Å²) in [4.78, 5) is 11.4. The predicted octanol–water partition coefficient (Wildman–Crippen LogP) is 2.25. The molecule has 0 unspecified atom stereocenters. The quantitative estimate of drug-likeness (QED) is 0.452. The molecule has 3 N–H and O–H groups in total. The first-order valence-electron chi connectivity index (χ1n) is 5.86. The minimum atomic E-state index is -0.203. The standard InChI is InChI=1S/C13H19NO3/c1-2-3-8-17-13(16)7-5-10-4-6-11(15)9-12(10)14/h4,6,9,15H,2-3,5,7-8,14H2,1H3. The third-order valence-corrected chi connectivity index (χ3v) is 2.49. The van der Waals surface area contributed by atoms with Crippen molar-refractivity contribution in [1.82, 2.24) is 0 Å². The average molecular weight is 237 g/mol. The molecule has 0 aliphatic rings. The van der Waals surface area contributed by atoms with Crippen LogP contribution in [-0.4, -0.2) is 17.7 Å². The molecular weight excluding hydrogens is 218 g/mol. The fourth-order valence-corrected chi connectivity index (χ4v) is 1.45. The van der Waals surface area contributed by atoms with Crippen molar-refractivity contribution in [2.45, 2.75) is 32.6 Å². The molecule has 4 heteroatoms. The molecule has 0 spiro atoms. The van der Waals surface area contributed by atoms with Gasteiger partial charge in [-0.25, -0.2) is 0 Å². The molecule has 1 aromatic rings. The summed E-state index contributed by atoms with van der Waals surface area (Å²) >= 11 is 0. The van der Waals surface area contributed by atoms with Gasteiger partial charge in [-0.1, -0.05) is 19.4 Å². The fourth-order valence-electron chi connectivity index (χ4n) is 1.45. The summed E-state index contributed by atoms with van der Waals surface area (Å²) in [5, 5.41) is 9.19. The van der Waals surface area contributed by atoms with Crippen LogP contribution in [0.5, 0.6) is 5.75 Å². The molecule has 94 valence electrons. The first-order chi connectivity index (χ1) is 8.13. The second-order valence-electron chi connectivity index (χ2n) is 3.96. The molecule has 1 aromatic carbocycles. The van der Waals surface area contributed by atoms with Crippen LogP contribution < -0.4 is 5.73 Å². The number of unbranched alkanes of at least 4 members (excludes halogenated alkanes) is 1. The van der Waals surface area contributed by atoms with E-state index in [4.69, 9.17) is 10.5 Å². The highest BCUT2D eigenvalue weighted by Crippen LogP contribution is 2.19. The lowest BCUT2D eigenvalue weighted by Gasteiger charge is -2.06. The van der Waals surface area contributed by atoms with Gasteiger partial charge in [-0.2, -0.15) is 0 Å². The molecule has 0 atom stereocenters. The Labute approximate surface area is 101 Å². The Morgan fingerprint density at radius 3 is 2.88 bits per heavy atom. The van der Waals surface area contributed by atoms with Crippen molar-refractivity contribution < 1.29 is 14.6 Å². The molecule has 0 aliphatic heterocycles. The smallest absolute Gasteiger partial charge is 0.306 e. The van der Waals surface area contributed by atoms with Crippen molar-refractivity contribution in [3.05, 3.63) is 23.8 Å². The van der Waals surface area contributed by atoms with Crippen LogP contribution in [0.15, 0.2) is 18.2 Å². The number of aromatic hydroxyl groups is 1. The van der Waals surface area contributed by atoms with E-state index in [1.165, 1.54) is 6.07 Å². The van der Waals surface area contributed by atoms with Gasteiger partial charge in [-0.15, -0.1) is 0 Å². The van der Waals surface area contributed by atoms with Gasteiger partial charge in [-0.05, 0) is 24.5 Å². The third-order valence-electron chi connectivity index (χ3n) is 2.49. The summed E-state index contributed by atoms with van der Waals surface area (Å²) in [5.74, 6) is -0.0669. The number of hydrogen-bond acceptors (Lipinski definition) is 4. The van der Waals surface area contributed by atoms with Crippen molar-refractivity contribution in [1.29, 1.82) is 0 Å². The Morgan fingerprint density at radius 1 is 1.47 bits per heavy atom. The van der Waals surface area contributed by atoms with Crippen molar-refractivity contribution in [3.8, 4) is 5.75 Å². The molecule has 17 heavy (non-hydrogen) atoms. The Kier molecular flexibility index (Phi) is 5.33. The van der Waals surface area contributed by atoms with Crippen LogP contribution >= 0.6 is 0 Å². The van der Waals surface area contributed by atoms with Crippen LogP contribution in [0.1, 0.15) is 31.7 Å². The molecule has 0 saturated heterocycles. The van der Waals surface area contributed by atoms with Crippen LogP contribution in [0.25, 0.3) is 0 Å². The SMILES string of the molecule is CCCCOC(=O)CCc1ccc(O)cc1N. The summed E-state index contributed by atoms with van der Waals surface area (Å²) in [5.41, 5.74) is 7.08. The normalized spacial score (nSPS) is 10.2. The van der Waals surface area contributed by atoms with Gasteiger partial charge in [0.2, 0.25) is 0 Å². The zero-order chi connectivity index (χ0) is 12.7. The number of nitrogens with two attached hydrogens (primary N) is 1. The minimum Gasteiger partial charge on any atom is -0.508 e. The lowest BCUT2D eigenvalue weighted by atomic mass is 10.1. The first-order valence-corrected chi connectivity index (χ1v) is 5.86. The maximum absolute atomic E-state index is 11.4. The molecule has 0 bridgehead atoms. The molecule has 0 amide bonds. The van der Waals surface area contributed by atoms with Crippen molar-refractivity contribution >= 4 is 11.7 Å². The number of hydrogen-bond donors (Lipinski definition) is 2. The van der Waals surface area contributed by atoms with Gasteiger partial charge in [0.15, 0.2) is 0 Å². The molecule has 0 fully saturated rings. The number of phenolic OH excluding ortho intramolecular Hbond substituents is 1. The zero-order valence-electron chi connectivity index (χ0n) is 10.1. The van der Waals surface area contributed by atoms with E-state index in [1.807, 2.05) is 6.92 Å². The number of carbonyl (C=O) groups excluding carboxylic acids is 1. The van der Waals surface area contributed by atoms with Crippen molar-refractivity contribution in [2.75, 3.05) is 12.3 Å². The topological polar surface area (TPSA) is 72.5 Å². The monoisotopic (exact) mass is 237 g/mol. The van der Waals surface area contributed by atoms with E-state index in [0.29, 0.717) is 25.1 Å². The molecule has 0 saturated carbocycles. The number of anilines is 1. The van der Waals surface area contributed by atoms with E-state index in [2.05, 4.69) is 0 Å². The van der Waals surface area contributed by atoms with E-state index >= 15 is 0 Å². The highest BCUT2D eigenvalue weighted by Gasteiger charge is 2.06. The number of benzene rings is 1. The number of phenols is 1. The predicted molar refractivity (Wildman–Crippen MR) is 66.7 cm³/mol. The molecule has 0 aromatic heterocycles. The van der Waals surface area contributed by atoms with Crippen molar-refractivity contribution in [3.63, 3.8) is 0 Å². The molecule has 0 radical (unpaired) electrons. The Hall–Kier alpha value is -1.71. The van der Waals surface area contributed by atoms with E-state index in [1.54, 1.807) is 12.1 Å². The van der Waals surface area contributed by atoms with Crippen LogP contribution in [-0.2, 0) is 16.0 Å². The maximum atomic E-state index is 11.4. The second kappa shape index (κ2) is 6.78. The van der Waals surface area contributed by atoms with Gasteiger partial charge in [0.05, 0.1) is 6.61 Å². The Balaban J connectivity index is 2.37. The van der Waals surface area contributed by atoms with E-state index in [0.717, 1.165) is 18.4 Å². The molecule has 1 rings (SSSR count). The van der Waals surface area contributed by atoms with Crippen LogP contribution in [0.4, 0.5) is 5.69 Å². The van der Waals surface area contributed by atoms with E-state index in [9.17, 15) is 9.90 Å². The molecule has 4 nitrogen and oxygen atoms in total. The third kappa shape index (κ3) is 4.76. The van der Waals surface area contributed by atoms with E-state index < -0.39 is 0 Å². The van der Waals surface area contributed by atoms with Gasteiger partial charge in [0.1, 0.15) is 5.75 Å². The summed E-state index contributed by atoms with van der Waals surface area (Å²) < 4.78 is 5.04. The van der Waals surface area contributed by atoms with E-state index in [-0.39, 0.29) is 11.7 Å². The summed E-state index contributed by atoms with van der Waals surface area (Å²) in [7, 11) is 0. The highest BCUT2D eigenvalue weighted by molar-refractivity contribution is 5.70. The van der Waals surface area contributed by atoms with Crippen molar-refractivity contribution in [2.24, 2.45) is 0 Å². The lowest BCUT2D eigenvalue weighted by molar-refractivity contribution is -0.143. The zero-order valence-corrected chi connectivity index (χ0v) is 10.1. The number of esters is 1. The van der Waals surface area contributed by atoms with Gasteiger partial charge in [-0.3, -0.25) is 4.79 Å². The average Bonchev–Trinajstić information content (AvgIpc) is 2.28. The first kappa shape index (κ1) is 13.4. The number of carbonyl (C=O) groups is 1. The second-order valence-corrected chi connectivity index (χ2v) is 3.96. The van der Waals surface area contributed by atoms with Crippen LogP contribution in [0.3, 0.4) is 0 Å². The largest absolute Gasteiger partial charge is 0.508 e. The lowest BCUT2D eigenvalue weighted by Crippen LogP contribution is -2.07. The number of aryl methyl sites for hydroxylation is 1. The Bertz CT molecular complexity index is 377. The number of ether oxygens (including phenoxy) is 1. The minimum absolute atomic E-state index is 0.136. The van der Waals surface area contributed by atoms with Gasteiger partial charge >= 0.3 is 5.97 Å². The maximum Gasteiger partial charge on any atom is 0.306 e. The number of rotatable bonds is 6. The summed E-state index contributed by atoms with van der Waals surface area (Å²) in [6.07, 6.45) is 2.76. The van der Waals surface area contributed by atoms with Gasteiger partial charge in [0.25, 0.3) is 0 Å². The van der Waals surface area contributed by atoms with Gasteiger partial charge in [0, 0.05) is 18.2 Å². The molecule has 0 heterocycles. The highest BCUT2D eigenvalue weighted by atomic mass is 16.5. The number of nitrogen functional groups attached to an aromatic ring is 1. The molecular formula is C13H19NO3. The Morgan fingerprint density at radius 2 is 2.24 bits per heavy atom. The van der Waals surface area contributed by atoms with Crippen LogP contribution in [0, 0.1) is 0 Å². The summed E-state index contributed by atoms with van der Waals surface area (Å²) in [6, 6.07) is 4.77. The fraction of sp³-hybridized carbons (Fsp3) is 0.462. The van der Waals surface area contributed by atoms with Crippen LogP contribution in [0.2, 0.25) is 0 Å². The van der Waals surface area contributed by atoms with Gasteiger partial charge < -0.3 is 15.6 Å². The molecule has 0 aliphatic carbocycles.